The molecule has 1 heterocycles. The van der Waals surface area contributed by atoms with Crippen LogP contribution in [0.25, 0.3) is 0 Å². The monoisotopic (exact) mass is 413 g/mol. The Morgan fingerprint density at radius 1 is 1.10 bits per heavy atom. The van der Waals surface area contributed by atoms with Gasteiger partial charge in [-0.25, -0.2) is 4.98 Å². The molecule has 0 aliphatic rings. The minimum absolute atomic E-state index is 0.0478. The van der Waals surface area contributed by atoms with Crippen LogP contribution in [0.4, 0.5) is 5.69 Å². The van der Waals surface area contributed by atoms with Gasteiger partial charge in [-0.3, -0.25) is 15.2 Å². The Hall–Kier alpha value is -3.66. The summed E-state index contributed by atoms with van der Waals surface area (Å²) in [5, 5.41) is 17.8. The first-order chi connectivity index (χ1) is 14.5. The first-order valence-electron chi connectivity index (χ1n) is 9.45. The van der Waals surface area contributed by atoms with Crippen LogP contribution < -0.4 is 19.9 Å². The number of nitrogens with zero attached hydrogens (tertiary/aromatic N) is 3. The Morgan fingerprint density at radius 2 is 1.87 bits per heavy atom. The van der Waals surface area contributed by atoms with Crippen molar-refractivity contribution in [1.82, 2.24) is 15.2 Å². The van der Waals surface area contributed by atoms with Gasteiger partial charge in [0.2, 0.25) is 0 Å². The molecule has 3 rings (SSSR count). The molecule has 10 nitrogen and oxygen atoms in total. The number of H-pyrrole nitrogens is 1. The highest BCUT2D eigenvalue weighted by molar-refractivity contribution is 5.45. The highest BCUT2D eigenvalue weighted by Crippen LogP contribution is 2.31. The molecule has 0 bridgehead atoms. The lowest BCUT2D eigenvalue weighted by atomic mass is 10.1. The van der Waals surface area contributed by atoms with Crippen molar-refractivity contribution in [3.05, 3.63) is 69.8 Å². The summed E-state index contributed by atoms with van der Waals surface area (Å²) in [6, 6.07) is 10.8. The molecule has 30 heavy (non-hydrogen) atoms. The van der Waals surface area contributed by atoms with Crippen molar-refractivity contribution in [2.75, 3.05) is 13.2 Å². The first kappa shape index (κ1) is 21.1. The number of nitro benzene ring substituents is 1. The van der Waals surface area contributed by atoms with Crippen LogP contribution in [0.1, 0.15) is 37.1 Å². The maximum atomic E-state index is 10.9. The molecule has 3 aromatic rings. The minimum atomic E-state index is -0.581. The zero-order chi connectivity index (χ0) is 21.5. The lowest BCUT2D eigenvalue weighted by molar-refractivity contribution is -0.384. The molecule has 0 saturated carbocycles. The smallest absolute Gasteiger partial charge is 0.273 e. The highest BCUT2D eigenvalue weighted by Gasteiger charge is 2.17. The summed E-state index contributed by atoms with van der Waals surface area (Å²) in [6.45, 7) is 4.89. The normalized spacial score (nSPS) is 11.7. The molecule has 0 spiro atoms. The van der Waals surface area contributed by atoms with Crippen LogP contribution >= 0.6 is 0 Å². The van der Waals surface area contributed by atoms with E-state index in [2.05, 4.69) is 15.2 Å². The highest BCUT2D eigenvalue weighted by atomic mass is 16.6. The largest absolute Gasteiger partial charge is 0.490 e. The van der Waals surface area contributed by atoms with Crippen LogP contribution in [0.2, 0.25) is 0 Å². The van der Waals surface area contributed by atoms with Gasteiger partial charge in [0.25, 0.3) is 5.69 Å². The Balaban J connectivity index is 1.70. The lowest BCUT2D eigenvalue weighted by Gasteiger charge is -2.14. The Bertz CT molecular complexity index is 1010. The quantitative estimate of drug-likeness (QED) is 0.382. The fourth-order valence-electron chi connectivity index (χ4n) is 2.76. The molecule has 0 radical (unpaired) electrons. The van der Waals surface area contributed by atoms with Crippen LogP contribution in [0.3, 0.4) is 0 Å². The Labute approximate surface area is 173 Å². The third kappa shape index (κ3) is 5.03. The average molecular weight is 413 g/mol. The molecule has 158 valence electrons. The van der Waals surface area contributed by atoms with E-state index in [0.717, 1.165) is 5.56 Å². The summed E-state index contributed by atoms with van der Waals surface area (Å²) < 4.78 is 16.8. The molecule has 10 heteroatoms. The van der Waals surface area contributed by atoms with Crippen molar-refractivity contribution in [1.29, 1.82) is 0 Å². The molecule has 2 aromatic carbocycles. The molecule has 0 fully saturated rings. The predicted molar refractivity (Wildman–Crippen MR) is 109 cm³/mol. The minimum Gasteiger partial charge on any atom is -0.490 e. The van der Waals surface area contributed by atoms with Gasteiger partial charge in [-0.05, 0) is 37.6 Å². The van der Waals surface area contributed by atoms with Crippen molar-refractivity contribution in [2.24, 2.45) is 5.73 Å². The number of rotatable bonds is 10. The van der Waals surface area contributed by atoms with Crippen molar-refractivity contribution >= 4 is 5.69 Å². The predicted octanol–water partition coefficient (Wildman–Crippen LogP) is 3.14. The lowest BCUT2D eigenvalue weighted by Crippen LogP contribution is -2.14. The van der Waals surface area contributed by atoms with E-state index in [1.54, 1.807) is 12.1 Å². The van der Waals surface area contributed by atoms with Gasteiger partial charge in [0.05, 0.1) is 30.2 Å². The van der Waals surface area contributed by atoms with E-state index in [0.29, 0.717) is 42.1 Å². The number of hydrogen-bond acceptors (Lipinski definition) is 8. The molecular weight excluding hydrogens is 390 g/mol. The van der Waals surface area contributed by atoms with Crippen molar-refractivity contribution in [2.45, 2.75) is 26.5 Å². The number of ether oxygens (including phenoxy) is 3. The second-order valence-electron chi connectivity index (χ2n) is 6.23. The van der Waals surface area contributed by atoms with Gasteiger partial charge in [-0.2, -0.15) is 5.10 Å². The van der Waals surface area contributed by atoms with E-state index < -0.39 is 11.0 Å². The van der Waals surface area contributed by atoms with Crippen LogP contribution in [0.5, 0.6) is 17.2 Å². The van der Waals surface area contributed by atoms with Crippen LogP contribution in [-0.2, 0) is 6.61 Å². The number of non-ortho nitro benzene ring substituents is 1. The standard InChI is InChI=1S/C20H23N5O5/c1-3-28-16-9-8-13(10-17(16)29-4-2)19(21)20-22-18(23-24-20)12-30-15-7-5-6-14(11-15)25(26)27/h5-11,19H,3-4,12,21H2,1-2H3,(H,22,23,24). The molecule has 3 N–H and O–H groups in total. The Kier molecular flexibility index (Phi) is 6.81. The molecule has 0 saturated heterocycles. The third-order valence-corrected chi connectivity index (χ3v) is 4.16. The Morgan fingerprint density at radius 3 is 2.60 bits per heavy atom. The number of benzene rings is 2. The van der Waals surface area contributed by atoms with Gasteiger partial charge >= 0.3 is 0 Å². The van der Waals surface area contributed by atoms with Gasteiger partial charge in [-0.1, -0.05) is 12.1 Å². The average Bonchev–Trinajstić information content (AvgIpc) is 3.22. The van der Waals surface area contributed by atoms with Crippen LogP contribution in [0, 0.1) is 10.1 Å². The summed E-state index contributed by atoms with van der Waals surface area (Å²) in [5.74, 6) is 2.45. The number of hydrogen-bond donors (Lipinski definition) is 2. The maximum absolute atomic E-state index is 10.9. The van der Waals surface area contributed by atoms with E-state index in [-0.39, 0.29) is 12.3 Å². The molecule has 1 unspecified atom stereocenters. The molecule has 0 aliphatic heterocycles. The molecule has 0 amide bonds. The molecule has 1 aromatic heterocycles. The van der Waals surface area contributed by atoms with Crippen molar-refractivity contribution in [3.8, 4) is 17.2 Å². The third-order valence-electron chi connectivity index (χ3n) is 4.16. The number of nitrogens with one attached hydrogen (secondary N) is 1. The van der Waals surface area contributed by atoms with E-state index in [9.17, 15) is 10.1 Å². The fourth-order valence-corrected chi connectivity index (χ4v) is 2.76. The second-order valence-corrected chi connectivity index (χ2v) is 6.23. The van der Waals surface area contributed by atoms with Crippen molar-refractivity contribution < 1.29 is 19.1 Å². The number of nitrogens with two attached hydrogens (primary N) is 1. The van der Waals surface area contributed by atoms with Crippen LogP contribution in [0.15, 0.2) is 42.5 Å². The van der Waals surface area contributed by atoms with E-state index in [1.807, 2.05) is 32.0 Å². The van der Waals surface area contributed by atoms with Crippen LogP contribution in [-0.4, -0.2) is 33.3 Å². The number of nitro groups is 1. The second kappa shape index (κ2) is 9.70. The van der Waals surface area contributed by atoms with E-state index in [4.69, 9.17) is 19.9 Å². The molecule has 0 aliphatic carbocycles. The summed E-state index contributed by atoms with van der Waals surface area (Å²) >= 11 is 0. The van der Waals surface area contributed by atoms with E-state index in [1.165, 1.54) is 12.1 Å². The SMILES string of the molecule is CCOc1ccc(C(N)c2n[nH]c(COc3cccc([N+](=O)[O-])c3)n2)cc1OCC. The molecule has 1 atom stereocenters. The number of aromatic amines is 1. The fraction of sp³-hybridized carbons (Fsp3) is 0.300. The van der Waals surface area contributed by atoms with Gasteiger partial charge in [0, 0.05) is 6.07 Å². The maximum Gasteiger partial charge on any atom is 0.273 e. The molecular formula is C20H23N5O5. The topological polar surface area (TPSA) is 138 Å². The van der Waals surface area contributed by atoms with Gasteiger partial charge in [0.15, 0.2) is 23.1 Å². The van der Waals surface area contributed by atoms with E-state index >= 15 is 0 Å². The van der Waals surface area contributed by atoms with Gasteiger partial charge in [-0.15, -0.1) is 0 Å². The summed E-state index contributed by atoms with van der Waals surface area (Å²) in [6.07, 6.45) is 0. The van der Waals surface area contributed by atoms with Gasteiger partial charge < -0.3 is 19.9 Å². The number of aromatic nitrogens is 3. The summed E-state index contributed by atoms with van der Waals surface area (Å²) in [5.41, 5.74) is 7.04. The van der Waals surface area contributed by atoms with Gasteiger partial charge in [0.1, 0.15) is 12.4 Å². The zero-order valence-electron chi connectivity index (χ0n) is 16.7. The first-order valence-corrected chi connectivity index (χ1v) is 9.45. The van der Waals surface area contributed by atoms with Crippen molar-refractivity contribution in [3.63, 3.8) is 0 Å². The zero-order valence-corrected chi connectivity index (χ0v) is 16.7. The summed E-state index contributed by atoms with van der Waals surface area (Å²) in [7, 11) is 0. The summed E-state index contributed by atoms with van der Waals surface area (Å²) in [4.78, 5) is 14.7.